The van der Waals surface area contributed by atoms with E-state index >= 15 is 0 Å². The number of anilines is 2. The van der Waals surface area contributed by atoms with Gasteiger partial charge in [0.2, 0.25) is 17.7 Å². The molecule has 7 atom stereocenters. The lowest BCUT2D eigenvalue weighted by molar-refractivity contribution is -0.123. The highest BCUT2D eigenvalue weighted by Crippen LogP contribution is 2.69. The van der Waals surface area contributed by atoms with Gasteiger partial charge in [-0.3, -0.25) is 28.6 Å². The van der Waals surface area contributed by atoms with E-state index in [1.807, 2.05) is 0 Å². The van der Waals surface area contributed by atoms with Crippen molar-refractivity contribution in [3.8, 4) is 5.75 Å². The number of hydrogen-bond donors (Lipinski definition) is 1. The number of thioether (sulfide) groups is 1. The lowest BCUT2D eigenvalue weighted by Gasteiger charge is -2.43. The Balaban J connectivity index is 1.16. The van der Waals surface area contributed by atoms with Crippen LogP contribution >= 0.6 is 34.7 Å². The minimum Gasteiger partial charge on any atom is -0.497 e. The van der Waals surface area contributed by atoms with Gasteiger partial charge in [-0.1, -0.05) is 35.1 Å². The van der Waals surface area contributed by atoms with Crippen molar-refractivity contribution in [1.82, 2.24) is 4.57 Å². The Kier molecular flexibility index (Phi) is 7.11. The predicted octanol–water partition coefficient (Wildman–Crippen LogP) is 6.03. The average Bonchev–Trinajstić information content (AvgIpc) is 3.77. The van der Waals surface area contributed by atoms with Crippen LogP contribution < -0.4 is 19.8 Å². The van der Waals surface area contributed by atoms with Crippen molar-refractivity contribution in [3.05, 3.63) is 104 Å². The lowest BCUT2D eigenvalue weighted by Crippen LogP contribution is -2.43. The molecule has 1 aromatic heterocycles. The largest absolute Gasteiger partial charge is 0.497 e. The molecule has 3 aromatic carbocycles. The summed E-state index contributed by atoms with van der Waals surface area (Å²) in [5.41, 5.74) is 1.94. The first-order valence-corrected chi connectivity index (χ1v) is 17.0. The van der Waals surface area contributed by atoms with Crippen LogP contribution in [0.3, 0.4) is 0 Å². The van der Waals surface area contributed by atoms with Crippen molar-refractivity contribution in [2.45, 2.75) is 29.2 Å². The first kappa shape index (κ1) is 29.5. The Hall–Kier alpha value is -3.93. The van der Waals surface area contributed by atoms with Crippen LogP contribution in [0.2, 0.25) is 5.02 Å². The molecule has 3 fully saturated rings. The maximum Gasteiger partial charge on any atom is 0.308 e. The van der Waals surface area contributed by atoms with Crippen LogP contribution in [-0.4, -0.2) is 34.6 Å². The normalized spacial score (nSPS) is 27.4. The monoisotopic (exact) mass is 675 g/mol. The second-order valence-corrected chi connectivity index (χ2v) is 14.8. The van der Waals surface area contributed by atoms with Gasteiger partial charge in [0.05, 0.1) is 29.7 Å². The number of carbonyl (C=O) groups excluding carboxylic acids is 3. The number of rotatable bonds is 6. The number of aromatic nitrogens is 1. The van der Waals surface area contributed by atoms with Crippen molar-refractivity contribution in [3.63, 3.8) is 0 Å². The summed E-state index contributed by atoms with van der Waals surface area (Å²) < 4.78 is 20.8. The molecule has 4 aliphatic rings. The van der Waals surface area contributed by atoms with Crippen molar-refractivity contribution < 1.29 is 23.5 Å². The van der Waals surface area contributed by atoms with Gasteiger partial charge in [0.25, 0.3) is 0 Å². The van der Waals surface area contributed by atoms with E-state index < -0.39 is 11.8 Å². The van der Waals surface area contributed by atoms with Crippen LogP contribution in [0.25, 0.3) is 0 Å². The van der Waals surface area contributed by atoms with Crippen LogP contribution in [0.4, 0.5) is 15.8 Å². The van der Waals surface area contributed by atoms with Gasteiger partial charge < -0.3 is 10.1 Å². The molecule has 0 radical (unpaired) electrons. The topological polar surface area (TPSA) is 97.7 Å². The molecular weight excluding hydrogens is 649 g/mol. The predicted molar refractivity (Wildman–Crippen MR) is 174 cm³/mol. The average molecular weight is 676 g/mol. The molecule has 0 spiro atoms. The van der Waals surface area contributed by atoms with E-state index in [1.54, 1.807) is 79.5 Å². The third-order valence-electron chi connectivity index (χ3n) is 9.94. The molecule has 1 saturated heterocycles. The van der Waals surface area contributed by atoms with E-state index in [2.05, 4.69) is 5.32 Å². The first-order chi connectivity index (χ1) is 22.2. The second kappa shape index (κ2) is 11.1. The third kappa shape index (κ3) is 4.54. The summed E-state index contributed by atoms with van der Waals surface area (Å²) in [7, 11) is 1.56. The van der Waals surface area contributed by atoms with Crippen LogP contribution in [-0.2, 0) is 20.9 Å². The van der Waals surface area contributed by atoms with Gasteiger partial charge in [0.1, 0.15) is 18.1 Å². The quantitative estimate of drug-likeness (QED) is 0.251. The van der Waals surface area contributed by atoms with Gasteiger partial charge in [0, 0.05) is 26.8 Å². The summed E-state index contributed by atoms with van der Waals surface area (Å²) in [5, 5.41) is 4.00. The van der Waals surface area contributed by atoms with E-state index in [9.17, 15) is 23.6 Å². The van der Waals surface area contributed by atoms with Crippen molar-refractivity contribution >= 4 is 63.8 Å². The molecule has 2 saturated carbocycles. The van der Waals surface area contributed by atoms with Crippen LogP contribution in [0, 0.1) is 35.4 Å². The fourth-order valence-corrected chi connectivity index (χ4v) is 11.4. The molecule has 4 aromatic rings. The fraction of sp³-hybridized carbons (Fsp3) is 0.294. The molecular formula is C34H27ClFN3O5S2. The van der Waals surface area contributed by atoms with Crippen molar-refractivity contribution in [2.24, 2.45) is 29.6 Å². The zero-order valence-electron chi connectivity index (χ0n) is 24.4. The minimum absolute atomic E-state index is 0.0456. The smallest absolute Gasteiger partial charge is 0.308 e. The first-order valence-electron chi connectivity index (χ1n) is 15.0. The Morgan fingerprint density at radius 1 is 0.957 bits per heavy atom. The molecule has 46 heavy (non-hydrogen) atoms. The van der Waals surface area contributed by atoms with Crippen molar-refractivity contribution in [1.29, 1.82) is 0 Å². The lowest BCUT2D eigenvalue weighted by atomic mass is 9.68. The number of thiazole rings is 1. The van der Waals surface area contributed by atoms with E-state index in [0.29, 0.717) is 27.2 Å². The molecule has 8 rings (SSSR count). The second-order valence-electron chi connectivity index (χ2n) is 12.2. The number of nitrogens with one attached hydrogen (secondary N) is 1. The van der Waals surface area contributed by atoms with E-state index in [0.717, 1.165) is 28.2 Å². The Morgan fingerprint density at radius 3 is 2.30 bits per heavy atom. The summed E-state index contributed by atoms with van der Waals surface area (Å²) in [4.78, 5) is 56.5. The van der Waals surface area contributed by atoms with Crippen molar-refractivity contribution in [2.75, 3.05) is 17.3 Å². The zero-order chi connectivity index (χ0) is 31.9. The molecule has 8 nitrogen and oxygen atoms in total. The number of imide groups is 1. The number of amides is 3. The molecule has 7 unspecified atom stereocenters. The summed E-state index contributed by atoms with van der Waals surface area (Å²) in [5.74, 6) is -1.89. The maximum absolute atomic E-state index is 14.1. The van der Waals surface area contributed by atoms with E-state index in [4.69, 9.17) is 16.3 Å². The van der Waals surface area contributed by atoms with Gasteiger partial charge in [0.15, 0.2) is 0 Å². The van der Waals surface area contributed by atoms with E-state index in [-0.39, 0.29) is 63.9 Å². The highest BCUT2D eigenvalue weighted by atomic mass is 35.5. The van der Waals surface area contributed by atoms with Gasteiger partial charge in [-0.25, -0.2) is 4.39 Å². The number of ether oxygens (including phenoxy) is 1. The number of halogens is 2. The van der Waals surface area contributed by atoms with Gasteiger partial charge in [-0.2, -0.15) is 0 Å². The molecule has 234 valence electrons. The van der Waals surface area contributed by atoms with Crippen LogP contribution in [0.5, 0.6) is 5.75 Å². The van der Waals surface area contributed by atoms with Gasteiger partial charge in [-0.05, 0) is 90.4 Å². The van der Waals surface area contributed by atoms with E-state index in [1.165, 1.54) is 21.6 Å². The number of benzene rings is 3. The molecule has 2 aliphatic heterocycles. The minimum atomic E-state index is -0.464. The number of carbonyl (C=O) groups is 3. The SMILES string of the molecule is COc1ccc(NC(=O)Cn2c3c(sc2=O)C(c2ccc(F)cc2)C2C4CC(C2S3)C2C(=O)N(c3ccc(Cl)cc3)C(=O)C42)cc1. The summed E-state index contributed by atoms with van der Waals surface area (Å²) >= 11 is 8.73. The fourth-order valence-electron chi connectivity index (χ4n) is 8.16. The van der Waals surface area contributed by atoms with Crippen LogP contribution in [0.15, 0.2) is 82.6 Å². The number of hydrogen-bond acceptors (Lipinski definition) is 7. The highest BCUT2D eigenvalue weighted by molar-refractivity contribution is 8.00. The van der Waals surface area contributed by atoms with Gasteiger partial charge in [-0.15, -0.1) is 11.8 Å². The maximum atomic E-state index is 14.1. The highest BCUT2D eigenvalue weighted by Gasteiger charge is 2.69. The molecule has 2 aliphatic carbocycles. The zero-order valence-corrected chi connectivity index (χ0v) is 26.8. The molecule has 2 bridgehead atoms. The molecule has 3 amide bonds. The summed E-state index contributed by atoms with van der Waals surface area (Å²) in [6.07, 6.45) is 0.721. The molecule has 1 N–H and O–H groups in total. The summed E-state index contributed by atoms with van der Waals surface area (Å²) in [6, 6.07) is 20.0. The van der Waals surface area contributed by atoms with Gasteiger partial charge >= 0.3 is 4.87 Å². The third-order valence-corrected chi connectivity index (χ3v) is 13.0. The standard InChI is InChI=1S/C34H27ClFN3O5S2/c1-44-21-12-8-19(9-13-21)37-24(40)15-38-33-30(46-34(38)43)25(16-2-6-18(36)7-3-16)26-22-14-23(29(26)45-33)28-27(22)31(41)39(32(28)42)20-10-4-17(35)5-11-20/h2-13,22-23,25-29H,14-15H2,1H3,(H,37,40). The number of fused-ring (bicyclic) bond motifs is 9. The number of nitrogens with zero attached hydrogens (tertiary/aromatic N) is 2. The van der Waals surface area contributed by atoms with Crippen LogP contribution in [0.1, 0.15) is 22.8 Å². The number of methoxy groups -OCH3 is 1. The Bertz CT molecular complexity index is 1950. The molecule has 3 heterocycles. The Morgan fingerprint density at radius 2 is 1.63 bits per heavy atom. The Labute approximate surface area is 276 Å². The summed E-state index contributed by atoms with van der Waals surface area (Å²) in [6.45, 7) is -0.181. The molecule has 12 heteroatoms.